The van der Waals surface area contributed by atoms with Crippen LogP contribution >= 0.6 is 11.8 Å². The average Bonchev–Trinajstić information content (AvgIpc) is 2.59. The van der Waals surface area contributed by atoms with E-state index in [-0.39, 0.29) is 29.4 Å². The summed E-state index contributed by atoms with van der Waals surface area (Å²) in [5.41, 5.74) is 0.606. The molecule has 2 aromatic rings. The zero-order chi connectivity index (χ0) is 18.0. The van der Waals surface area contributed by atoms with E-state index >= 15 is 0 Å². The Bertz CT molecular complexity index is 834. The maximum absolute atomic E-state index is 12.8. The number of morpholine rings is 1. The molecule has 1 aliphatic heterocycles. The summed E-state index contributed by atoms with van der Waals surface area (Å²) in [6.07, 6.45) is 0.0651. The van der Waals surface area contributed by atoms with E-state index in [0.717, 1.165) is 0 Å². The Morgan fingerprint density at radius 2 is 2.16 bits per heavy atom. The molecule has 2 heterocycles. The van der Waals surface area contributed by atoms with E-state index in [2.05, 4.69) is 4.98 Å². The van der Waals surface area contributed by atoms with Crippen molar-refractivity contribution in [3.8, 4) is 0 Å². The highest BCUT2D eigenvalue weighted by Gasteiger charge is 2.22. The molecule has 0 N–H and O–H groups in total. The van der Waals surface area contributed by atoms with Crippen molar-refractivity contribution in [2.24, 2.45) is 0 Å². The van der Waals surface area contributed by atoms with Crippen LogP contribution in [-0.2, 0) is 9.53 Å². The van der Waals surface area contributed by atoms with Crippen LogP contribution in [-0.4, -0.2) is 51.9 Å². The molecule has 1 aromatic carbocycles. The molecule has 1 aromatic heterocycles. The molecule has 0 saturated carbocycles. The van der Waals surface area contributed by atoms with E-state index in [1.54, 1.807) is 10.6 Å². The number of hydrogen-bond donors (Lipinski definition) is 0. The van der Waals surface area contributed by atoms with E-state index < -0.39 is 0 Å². The standard InChI is InChI=1S/C18H23N3O3S/c1-12(2)21-17(23)14-6-4-5-7-15(14)19-18(21)25-11-16(22)20-8-9-24-13(3)10-20/h4-7,12-13H,8-11H2,1-3H3. The number of amides is 1. The number of thioether (sulfide) groups is 1. The number of nitrogens with zero attached hydrogens (tertiary/aromatic N) is 3. The van der Waals surface area contributed by atoms with Crippen molar-refractivity contribution in [2.45, 2.75) is 38.1 Å². The lowest BCUT2D eigenvalue weighted by Gasteiger charge is -2.31. The SMILES string of the molecule is CC1CN(C(=O)CSc2nc3ccccc3c(=O)n2C(C)C)CCO1. The van der Waals surface area contributed by atoms with Gasteiger partial charge >= 0.3 is 0 Å². The fourth-order valence-electron chi connectivity index (χ4n) is 2.95. The van der Waals surface area contributed by atoms with Gasteiger partial charge in [0.15, 0.2) is 5.16 Å². The summed E-state index contributed by atoms with van der Waals surface area (Å²) in [6, 6.07) is 7.30. The average molecular weight is 361 g/mol. The molecule has 1 atom stereocenters. The van der Waals surface area contributed by atoms with Gasteiger partial charge in [0.25, 0.3) is 5.56 Å². The molecule has 7 heteroatoms. The van der Waals surface area contributed by atoms with Crippen LogP contribution in [0.2, 0.25) is 0 Å². The number of fused-ring (bicyclic) bond motifs is 1. The van der Waals surface area contributed by atoms with Crippen LogP contribution in [0.1, 0.15) is 26.8 Å². The second-order valence-corrected chi connectivity index (χ2v) is 7.43. The van der Waals surface area contributed by atoms with Crippen LogP contribution < -0.4 is 5.56 Å². The highest BCUT2D eigenvalue weighted by Crippen LogP contribution is 2.21. The summed E-state index contributed by atoms with van der Waals surface area (Å²) >= 11 is 1.33. The van der Waals surface area contributed by atoms with Crippen molar-refractivity contribution in [2.75, 3.05) is 25.4 Å². The third kappa shape index (κ3) is 3.88. The van der Waals surface area contributed by atoms with Crippen molar-refractivity contribution >= 4 is 28.6 Å². The molecular weight excluding hydrogens is 338 g/mol. The minimum absolute atomic E-state index is 0.0226. The number of carbonyl (C=O) groups is 1. The normalized spacial score (nSPS) is 18.1. The molecule has 0 bridgehead atoms. The van der Waals surface area contributed by atoms with Crippen molar-refractivity contribution in [3.05, 3.63) is 34.6 Å². The topological polar surface area (TPSA) is 64.4 Å². The molecular formula is C18H23N3O3S. The van der Waals surface area contributed by atoms with Gasteiger partial charge < -0.3 is 9.64 Å². The molecule has 0 aliphatic carbocycles. The van der Waals surface area contributed by atoms with E-state index in [9.17, 15) is 9.59 Å². The number of aromatic nitrogens is 2. The first-order chi connectivity index (χ1) is 12.0. The number of benzene rings is 1. The van der Waals surface area contributed by atoms with E-state index in [4.69, 9.17) is 4.74 Å². The van der Waals surface area contributed by atoms with Crippen LogP contribution in [0.3, 0.4) is 0 Å². The van der Waals surface area contributed by atoms with Gasteiger partial charge in [-0.15, -0.1) is 0 Å². The Kier molecular flexibility index (Phi) is 5.44. The molecule has 6 nitrogen and oxygen atoms in total. The molecule has 1 saturated heterocycles. The predicted molar refractivity (Wildman–Crippen MR) is 99.1 cm³/mol. The molecule has 134 valence electrons. The zero-order valence-electron chi connectivity index (χ0n) is 14.8. The molecule has 1 aliphatic rings. The third-order valence-electron chi connectivity index (χ3n) is 4.21. The van der Waals surface area contributed by atoms with Crippen LogP contribution in [0.4, 0.5) is 0 Å². The number of hydrogen-bond acceptors (Lipinski definition) is 5. The van der Waals surface area contributed by atoms with Gasteiger partial charge in [-0.25, -0.2) is 4.98 Å². The summed E-state index contributed by atoms with van der Waals surface area (Å²) in [6.45, 7) is 7.67. The highest BCUT2D eigenvalue weighted by atomic mass is 32.2. The number of para-hydroxylation sites is 1. The van der Waals surface area contributed by atoms with Crippen molar-refractivity contribution < 1.29 is 9.53 Å². The van der Waals surface area contributed by atoms with Crippen LogP contribution in [0, 0.1) is 0 Å². The Hall–Kier alpha value is -1.86. The number of rotatable bonds is 4. The minimum atomic E-state index is -0.0597. The monoisotopic (exact) mass is 361 g/mol. The predicted octanol–water partition coefficient (Wildman–Crippen LogP) is 2.32. The van der Waals surface area contributed by atoms with Gasteiger partial charge in [-0.2, -0.15) is 0 Å². The maximum Gasteiger partial charge on any atom is 0.262 e. The lowest BCUT2D eigenvalue weighted by molar-refractivity contribution is -0.135. The fraction of sp³-hybridized carbons (Fsp3) is 0.500. The van der Waals surface area contributed by atoms with Gasteiger partial charge in [0.2, 0.25) is 5.91 Å². The number of ether oxygens (including phenoxy) is 1. The molecule has 0 radical (unpaired) electrons. The first kappa shape index (κ1) is 17.9. The summed E-state index contributed by atoms with van der Waals surface area (Å²) in [5.74, 6) is 0.322. The van der Waals surface area contributed by atoms with Gasteiger partial charge in [0.05, 0.1) is 29.4 Å². The Morgan fingerprint density at radius 1 is 1.40 bits per heavy atom. The van der Waals surface area contributed by atoms with E-state index in [1.807, 2.05) is 43.9 Å². The van der Waals surface area contributed by atoms with E-state index in [0.29, 0.717) is 35.8 Å². The lowest BCUT2D eigenvalue weighted by atomic mass is 10.2. The molecule has 3 rings (SSSR count). The van der Waals surface area contributed by atoms with Crippen molar-refractivity contribution in [1.29, 1.82) is 0 Å². The quantitative estimate of drug-likeness (QED) is 0.618. The summed E-state index contributed by atoms with van der Waals surface area (Å²) in [5, 5.41) is 1.20. The molecule has 25 heavy (non-hydrogen) atoms. The number of carbonyl (C=O) groups excluding carboxylic acids is 1. The molecule has 1 amide bonds. The maximum atomic E-state index is 12.8. The first-order valence-electron chi connectivity index (χ1n) is 8.51. The molecule has 1 fully saturated rings. The van der Waals surface area contributed by atoms with Crippen molar-refractivity contribution in [1.82, 2.24) is 14.5 Å². The molecule has 0 spiro atoms. The highest BCUT2D eigenvalue weighted by molar-refractivity contribution is 7.99. The Balaban J connectivity index is 1.84. The third-order valence-corrected chi connectivity index (χ3v) is 5.15. The van der Waals surface area contributed by atoms with Gasteiger partial charge in [-0.05, 0) is 32.9 Å². The lowest BCUT2D eigenvalue weighted by Crippen LogP contribution is -2.45. The second-order valence-electron chi connectivity index (χ2n) is 6.49. The van der Waals surface area contributed by atoms with Crippen molar-refractivity contribution in [3.63, 3.8) is 0 Å². The second kappa shape index (κ2) is 7.58. The van der Waals surface area contributed by atoms with Crippen LogP contribution in [0.25, 0.3) is 10.9 Å². The zero-order valence-corrected chi connectivity index (χ0v) is 15.6. The minimum Gasteiger partial charge on any atom is -0.375 e. The summed E-state index contributed by atoms with van der Waals surface area (Å²) in [7, 11) is 0. The van der Waals surface area contributed by atoms with Gasteiger partial charge in [-0.1, -0.05) is 23.9 Å². The fourth-order valence-corrected chi connectivity index (χ4v) is 3.98. The summed E-state index contributed by atoms with van der Waals surface area (Å²) < 4.78 is 7.15. The Labute approximate surface area is 151 Å². The van der Waals surface area contributed by atoms with Gasteiger partial charge in [0.1, 0.15) is 0 Å². The first-order valence-corrected chi connectivity index (χ1v) is 9.49. The largest absolute Gasteiger partial charge is 0.375 e. The van der Waals surface area contributed by atoms with Gasteiger partial charge in [0, 0.05) is 19.1 Å². The Morgan fingerprint density at radius 3 is 2.88 bits per heavy atom. The van der Waals surface area contributed by atoms with Crippen LogP contribution in [0.15, 0.2) is 34.2 Å². The smallest absolute Gasteiger partial charge is 0.262 e. The molecule has 1 unspecified atom stereocenters. The van der Waals surface area contributed by atoms with Gasteiger partial charge in [-0.3, -0.25) is 14.2 Å². The van der Waals surface area contributed by atoms with Crippen LogP contribution in [0.5, 0.6) is 0 Å². The van der Waals surface area contributed by atoms with E-state index in [1.165, 1.54) is 11.8 Å². The summed E-state index contributed by atoms with van der Waals surface area (Å²) in [4.78, 5) is 31.7.